The van der Waals surface area contributed by atoms with Crippen molar-refractivity contribution in [1.82, 2.24) is 19.9 Å². The van der Waals surface area contributed by atoms with Gasteiger partial charge in [0.15, 0.2) is 5.65 Å². The Morgan fingerprint density at radius 2 is 1.73 bits per heavy atom. The second-order valence-corrected chi connectivity index (χ2v) is 7.32. The second-order valence-electron chi connectivity index (χ2n) is 7.32. The molecular weight excluding hydrogens is 376 g/mol. The number of fused-ring (bicyclic) bond motifs is 1. The minimum atomic E-state index is -0.197. The standard InChI is InChI=1S/C24H22N4O2/c1-16(2)28-22-20(9-6-14-25-22)27-21(24(28)30)18-10-12-19(13-11-18)23(29)26-15-17-7-4-3-5-8-17/h3-14,16H,15H2,1-2H3,(H,26,29). The summed E-state index contributed by atoms with van der Waals surface area (Å²) in [5.74, 6) is -0.166. The molecule has 1 amide bonds. The summed E-state index contributed by atoms with van der Waals surface area (Å²) < 4.78 is 1.65. The average Bonchev–Trinajstić information content (AvgIpc) is 2.77. The molecule has 150 valence electrons. The fraction of sp³-hybridized carbons (Fsp3) is 0.167. The van der Waals surface area contributed by atoms with Crippen LogP contribution in [0.4, 0.5) is 0 Å². The molecule has 0 unspecified atom stereocenters. The Bertz CT molecular complexity index is 1250. The highest BCUT2D eigenvalue weighted by Gasteiger charge is 2.16. The van der Waals surface area contributed by atoms with Crippen LogP contribution in [0.5, 0.6) is 0 Å². The Labute approximate surface area is 174 Å². The summed E-state index contributed by atoms with van der Waals surface area (Å²) in [5, 5.41) is 2.91. The Morgan fingerprint density at radius 1 is 1.00 bits per heavy atom. The van der Waals surface area contributed by atoms with Crippen molar-refractivity contribution in [1.29, 1.82) is 0 Å². The number of aromatic nitrogens is 3. The van der Waals surface area contributed by atoms with Gasteiger partial charge in [-0.1, -0.05) is 42.5 Å². The first-order valence-electron chi connectivity index (χ1n) is 9.84. The quantitative estimate of drug-likeness (QED) is 0.552. The molecule has 2 aromatic heterocycles. The molecule has 4 rings (SSSR count). The van der Waals surface area contributed by atoms with Crippen LogP contribution in [0, 0.1) is 0 Å². The lowest BCUT2D eigenvalue weighted by molar-refractivity contribution is 0.0951. The van der Waals surface area contributed by atoms with E-state index in [4.69, 9.17) is 0 Å². The highest BCUT2D eigenvalue weighted by Crippen LogP contribution is 2.19. The number of amides is 1. The van der Waals surface area contributed by atoms with Gasteiger partial charge in [0.1, 0.15) is 11.2 Å². The molecule has 0 aliphatic rings. The molecule has 0 saturated heterocycles. The lowest BCUT2D eigenvalue weighted by Crippen LogP contribution is -2.26. The lowest BCUT2D eigenvalue weighted by atomic mass is 10.1. The highest BCUT2D eigenvalue weighted by molar-refractivity contribution is 5.94. The summed E-state index contributed by atoms with van der Waals surface area (Å²) in [5.41, 5.74) is 3.60. The van der Waals surface area contributed by atoms with E-state index in [0.29, 0.717) is 34.5 Å². The van der Waals surface area contributed by atoms with E-state index in [-0.39, 0.29) is 17.5 Å². The van der Waals surface area contributed by atoms with Crippen LogP contribution >= 0.6 is 0 Å². The van der Waals surface area contributed by atoms with Crippen molar-refractivity contribution in [2.24, 2.45) is 0 Å². The molecule has 4 aromatic rings. The summed E-state index contributed by atoms with van der Waals surface area (Å²) in [6.45, 7) is 4.35. The van der Waals surface area contributed by atoms with Crippen LogP contribution in [0.2, 0.25) is 0 Å². The third-order valence-electron chi connectivity index (χ3n) is 4.88. The summed E-state index contributed by atoms with van der Waals surface area (Å²) in [4.78, 5) is 34.4. The molecule has 0 atom stereocenters. The number of carbonyl (C=O) groups excluding carboxylic acids is 1. The minimum absolute atomic E-state index is 0.0558. The topological polar surface area (TPSA) is 76.9 Å². The van der Waals surface area contributed by atoms with Gasteiger partial charge in [0.25, 0.3) is 11.5 Å². The Balaban J connectivity index is 1.63. The molecule has 6 nitrogen and oxygen atoms in total. The molecule has 0 bridgehead atoms. The van der Waals surface area contributed by atoms with Crippen molar-refractivity contribution in [3.63, 3.8) is 0 Å². The maximum atomic E-state index is 13.1. The highest BCUT2D eigenvalue weighted by atomic mass is 16.1. The third kappa shape index (κ3) is 3.85. The normalized spacial score (nSPS) is 11.0. The predicted molar refractivity (Wildman–Crippen MR) is 117 cm³/mol. The van der Waals surface area contributed by atoms with E-state index in [1.807, 2.05) is 50.2 Å². The predicted octanol–water partition coefficient (Wildman–Crippen LogP) is 3.97. The molecule has 0 spiro atoms. The van der Waals surface area contributed by atoms with Gasteiger partial charge in [0, 0.05) is 29.9 Å². The zero-order valence-electron chi connectivity index (χ0n) is 16.9. The van der Waals surface area contributed by atoms with Gasteiger partial charge in [-0.2, -0.15) is 0 Å². The third-order valence-corrected chi connectivity index (χ3v) is 4.88. The van der Waals surface area contributed by atoms with Crippen LogP contribution in [0.3, 0.4) is 0 Å². The summed E-state index contributed by atoms with van der Waals surface area (Å²) in [7, 11) is 0. The Kier molecular flexibility index (Phi) is 5.39. The fourth-order valence-corrected chi connectivity index (χ4v) is 3.37. The van der Waals surface area contributed by atoms with Crippen molar-refractivity contribution >= 4 is 17.1 Å². The van der Waals surface area contributed by atoms with Crippen LogP contribution < -0.4 is 10.9 Å². The van der Waals surface area contributed by atoms with Gasteiger partial charge in [-0.25, -0.2) is 9.97 Å². The Morgan fingerprint density at radius 3 is 2.43 bits per heavy atom. The van der Waals surface area contributed by atoms with Gasteiger partial charge in [-0.05, 0) is 43.7 Å². The monoisotopic (exact) mass is 398 g/mol. The fourth-order valence-electron chi connectivity index (χ4n) is 3.37. The van der Waals surface area contributed by atoms with E-state index in [0.717, 1.165) is 5.56 Å². The first kappa shape index (κ1) is 19.5. The van der Waals surface area contributed by atoms with Crippen LogP contribution in [-0.2, 0) is 6.54 Å². The number of nitrogens with zero attached hydrogens (tertiary/aromatic N) is 3. The zero-order valence-corrected chi connectivity index (χ0v) is 16.9. The number of nitrogens with one attached hydrogen (secondary N) is 1. The minimum Gasteiger partial charge on any atom is -0.348 e. The van der Waals surface area contributed by atoms with Gasteiger partial charge in [0.2, 0.25) is 0 Å². The van der Waals surface area contributed by atoms with Crippen molar-refractivity contribution in [2.45, 2.75) is 26.4 Å². The molecule has 0 aliphatic carbocycles. The maximum Gasteiger partial charge on any atom is 0.278 e. The van der Waals surface area contributed by atoms with Gasteiger partial charge in [0.05, 0.1) is 0 Å². The number of benzene rings is 2. The van der Waals surface area contributed by atoms with Gasteiger partial charge in [-0.15, -0.1) is 0 Å². The molecule has 2 heterocycles. The van der Waals surface area contributed by atoms with E-state index >= 15 is 0 Å². The molecule has 30 heavy (non-hydrogen) atoms. The van der Waals surface area contributed by atoms with Gasteiger partial charge in [-0.3, -0.25) is 14.2 Å². The summed E-state index contributed by atoms with van der Waals surface area (Å²) >= 11 is 0. The van der Waals surface area contributed by atoms with Crippen LogP contribution in [0.1, 0.15) is 35.8 Å². The number of rotatable bonds is 5. The van der Waals surface area contributed by atoms with Crippen LogP contribution in [-0.4, -0.2) is 20.4 Å². The number of hydrogen-bond donors (Lipinski definition) is 1. The number of pyridine rings is 1. The van der Waals surface area contributed by atoms with E-state index in [2.05, 4.69) is 15.3 Å². The van der Waals surface area contributed by atoms with Gasteiger partial charge >= 0.3 is 0 Å². The molecule has 0 aliphatic heterocycles. The zero-order chi connectivity index (χ0) is 21.1. The number of hydrogen-bond acceptors (Lipinski definition) is 4. The molecular formula is C24H22N4O2. The molecule has 0 saturated carbocycles. The maximum absolute atomic E-state index is 13.1. The molecule has 6 heteroatoms. The summed E-state index contributed by atoms with van der Waals surface area (Å²) in [6, 6.07) is 20.3. The SMILES string of the molecule is CC(C)n1c(=O)c(-c2ccc(C(=O)NCc3ccccc3)cc2)nc2cccnc21. The van der Waals surface area contributed by atoms with Crippen LogP contribution in [0.15, 0.2) is 77.7 Å². The second kappa shape index (κ2) is 8.29. The lowest BCUT2D eigenvalue weighted by Gasteiger charge is -2.14. The number of carbonyl (C=O) groups is 1. The largest absolute Gasteiger partial charge is 0.348 e. The van der Waals surface area contributed by atoms with E-state index in [9.17, 15) is 9.59 Å². The van der Waals surface area contributed by atoms with E-state index in [1.165, 1.54) is 0 Å². The van der Waals surface area contributed by atoms with Crippen molar-refractivity contribution in [3.05, 3.63) is 94.4 Å². The van der Waals surface area contributed by atoms with Gasteiger partial charge < -0.3 is 5.32 Å². The van der Waals surface area contributed by atoms with Crippen molar-refractivity contribution in [3.8, 4) is 11.3 Å². The molecule has 0 radical (unpaired) electrons. The van der Waals surface area contributed by atoms with Crippen molar-refractivity contribution in [2.75, 3.05) is 0 Å². The molecule has 2 aromatic carbocycles. The van der Waals surface area contributed by atoms with Crippen molar-refractivity contribution < 1.29 is 4.79 Å². The van der Waals surface area contributed by atoms with Crippen LogP contribution in [0.25, 0.3) is 22.4 Å². The first-order chi connectivity index (χ1) is 14.5. The van der Waals surface area contributed by atoms with E-state index < -0.39 is 0 Å². The molecule has 1 N–H and O–H groups in total. The first-order valence-corrected chi connectivity index (χ1v) is 9.84. The molecule has 0 fully saturated rings. The Hall–Kier alpha value is -3.80. The van der Waals surface area contributed by atoms with E-state index in [1.54, 1.807) is 41.1 Å². The smallest absolute Gasteiger partial charge is 0.278 e. The summed E-state index contributed by atoms with van der Waals surface area (Å²) in [6.07, 6.45) is 1.66. The average molecular weight is 398 g/mol.